The number of hydrogen-bond acceptors (Lipinski definition) is 3. The lowest BCUT2D eigenvalue weighted by Gasteiger charge is -2.18. The molecule has 1 atom stereocenters. The Morgan fingerprint density at radius 2 is 2.00 bits per heavy atom. The maximum atomic E-state index is 13.4. The second kappa shape index (κ2) is 6.85. The molecule has 2 aromatic carbocycles. The lowest BCUT2D eigenvalue weighted by Crippen LogP contribution is -2.29. The normalized spacial score (nSPS) is 12.2. The summed E-state index contributed by atoms with van der Waals surface area (Å²) in [5, 5.41) is 0.450. The summed E-state index contributed by atoms with van der Waals surface area (Å²) in [6, 6.07) is 8.23. The summed E-state index contributed by atoms with van der Waals surface area (Å²) in [6.07, 6.45) is 0.363. The summed E-state index contributed by atoms with van der Waals surface area (Å²) in [5.74, 6) is 4.84. The van der Waals surface area contributed by atoms with Gasteiger partial charge in [-0.1, -0.05) is 17.7 Å². The molecule has 0 saturated carbocycles. The lowest BCUT2D eigenvalue weighted by molar-refractivity contribution is 0.384. The zero-order valence-electron chi connectivity index (χ0n) is 11.4. The first-order valence-corrected chi connectivity index (χ1v) is 6.66. The van der Waals surface area contributed by atoms with Crippen molar-refractivity contribution >= 4 is 11.6 Å². The van der Waals surface area contributed by atoms with Gasteiger partial charge in [-0.15, -0.1) is 0 Å². The molecule has 0 aliphatic carbocycles. The number of benzene rings is 2. The second-order valence-corrected chi connectivity index (χ2v) is 4.96. The SMILES string of the molecule is COc1cc(C(Cc2cc(F)ccc2Cl)NN)ccc1F. The van der Waals surface area contributed by atoms with Gasteiger partial charge in [-0.2, -0.15) is 0 Å². The van der Waals surface area contributed by atoms with E-state index in [9.17, 15) is 8.78 Å². The molecule has 2 aromatic rings. The fourth-order valence-corrected chi connectivity index (χ4v) is 2.28. The molecule has 0 saturated heterocycles. The van der Waals surface area contributed by atoms with Gasteiger partial charge in [-0.3, -0.25) is 11.3 Å². The van der Waals surface area contributed by atoms with E-state index in [1.807, 2.05) is 0 Å². The Morgan fingerprint density at radius 1 is 1.24 bits per heavy atom. The molecule has 0 amide bonds. The summed E-state index contributed by atoms with van der Waals surface area (Å²) in [6.45, 7) is 0. The maximum absolute atomic E-state index is 13.4. The van der Waals surface area contributed by atoms with E-state index in [1.54, 1.807) is 12.1 Å². The van der Waals surface area contributed by atoms with Gasteiger partial charge in [0.1, 0.15) is 5.82 Å². The number of nitrogens with one attached hydrogen (secondary N) is 1. The monoisotopic (exact) mass is 312 g/mol. The van der Waals surface area contributed by atoms with Crippen LogP contribution in [0.2, 0.25) is 5.02 Å². The third-order valence-corrected chi connectivity index (χ3v) is 3.58. The van der Waals surface area contributed by atoms with Gasteiger partial charge in [0.25, 0.3) is 0 Å². The van der Waals surface area contributed by atoms with Gasteiger partial charge >= 0.3 is 0 Å². The molecule has 6 heteroatoms. The van der Waals surface area contributed by atoms with Crippen LogP contribution in [0.25, 0.3) is 0 Å². The second-order valence-electron chi connectivity index (χ2n) is 4.55. The van der Waals surface area contributed by atoms with Crippen LogP contribution >= 0.6 is 11.6 Å². The van der Waals surface area contributed by atoms with Crippen molar-refractivity contribution in [3.8, 4) is 5.75 Å². The predicted octanol–water partition coefficient (Wildman–Crippen LogP) is 3.37. The van der Waals surface area contributed by atoms with Crippen molar-refractivity contribution in [3.05, 3.63) is 64.2 Å². The molecule has 3 N–H and O–H groups in total. The summed E-state index contributed by atoms with van der Waals surface area (Å²) < 4.78 is 31.7. The summed E-state index contributed by atoms with van der Waals surface area (Å²) in [4.78, 5) is 0. The molecule has 0 fully saturated rings. The molecule has 0 heterocycles. The van der Waals surface area contributed by atoms with Gasteiger partial charge in [0.2, 0.25) is 0 Å². The highest BCUT2D eigenvalue weighted by Crippen LogP contribution is 2.27. The Hall–Kier alpha value is -1.69. The summed E-state index contributed by atoms with van der Waals surface area (Å²) >= 11 is 6.05. The van der Waals surface area contributed by atoms with Crippen molar-refractivity contribution < 1.29 is 13.5 Å². The Bertz CT molecular complexity index is 637. The number of ether oxygens (including phenoxy) is 1. The molecule has 0 bridgehead atoms. The molecule has 112 valence electrons. The molecule has 0 radical (unpaired) electrons. The minimum atomic E-state index is -0.458. The van der Waals surface area contributed by atoms with E-state index in [0.29, 0.717) is 17.0 Å². The largest absolute Gasteiger partial charge is 0.494 e. The third kappa shape index (κ3) is 3.69. The number of hydrogen-bond donors (Lipinski definition) is 2. The Morgan fingerprint density at radius 3 is 2.67 bits per heavy atom. The molecule has 0 aromatic heterocycles. The fraction of sp³-hybridized carbons (Fsp3) is 0.200. The molecule has 3 nitrogen and oxygen atoms in total. The fourth-order valence-electron chi connectivity index (χ4n) is 2.09. The predicted molar refractivity (Wildman–Crippen MR) is 78.1 cm³/mol. The van der Waals surface area contributed by atoms with E-state index in [2.05, 4.69) is 5.43 Å². The average Bonchev–Trinajstić information content (AvgIpc) is 2.49. The van der Waals surface area contributed by atoms with E-state index in [0.717, 1.165) is 5.56 Å². The molecule has 2 rings (SSSR count). The van der Waals surface area contributed by atoms with Gasteiger partial charge < -0.3 is 4.74 Å². The van der Waals surface area contributed by atoms with Gasteiger partial charge in [0.05, 0.1) is 13.2 Å². The van der Waals surface area contributed by atoms with E-state index < -0.39 is 5.82 Å². The van der Waals surface area contributed by atoms with Crippen LogP contribution in [0, 0.1) is 11.6 Å². The minimum Gasteiger partial charge on any atom is -0.494 e. The van der Waals surface area contributed by atoms with Gasteiger partial charge in [0, 0.05) is 5.02 Å². The Labute approximate surface area is 126 Å². The number of rotatable bonds is 5. The number of nitrogens with two attached hydrogens (primary N) is 1. The first-order chi connectivity index (χ1) is 10.0. The standard InChI is InChI=1S/C15H15ClF2N2O/c1-21-15-8-9(2-5-13(15)18)14(20-19)7-10-6-11(17)3-4-12(10)16/h2-6,8,14,20H,7,19H2,1H3. The van der Waals surface area contributed by atoms with E-state index in [4.69, 9.17) is 22.2 Å². The van der Waals surface area contributed by atoms with Gasteiger partial charge in [-0.25, -0.2) is 8.78 Å². The quantitative estimate of drug-likeness (QED) is 0.657. The van der Waals surface area contributed by atoms with Crippen LogP contribution in [0.3, 0.4) is 0 Å². The maximum Gasteiger partial charge on any atom is 0.165 e. The van der Waals surface area contributed by atoms with E-state index >= 15 is 0 Å². The van der Waals surface area contributed by atoms with Crippen LogP contribution in [0.4, 0.5) is 8.78 Å². The van der Waals surface area contributed by atoms with Gasteiger partial charge in [-0.05, 0) is 47.9 Å². The van der Waals surface area contributed by atoms with E-state index in [-0.39, 0.29) is 17.6 Å². The van der Waals surface area contributed by atoms with Crippen molar-refractivity contribution in [2.45, 2.75) is 12.5 Å². The highest BCUT2D eigenvalue weighted by atomic mass is 35.5. The van der Waals surface area contributed by atoms with Crippen LogP contribution in [-0.2, 0) is 6.42 Å². The highest BCUT2D eigenvalue weighted by Gasteiger charge is 2.15. The number of halogens is 3. The van der Waals surface area contributed by atoms with Crippen LogP contribution in [0.5, 0.6) is 5.75 Å². The van der Waals surface area contributed by atoms with Crippen molar-refractivity contribution in [1.82, 2.24) is 5.43 Å². The Balaban J connectivity index is 2.29. The van der Waals surface area contributed by atoms with Crippen LogP contribution in [0.1, 0.15) is 17.2 Å². The Kier molecular flexibility index (Phi) is 5.12. The summed E-state index contributed by atoms with van der Waals surface area (Å²) in [5.41, 5.74) is 3.96. The number of hydrazine groups is 1. The van der Waals surface area contributed by atoms with Crippen LogP contribution < -0.4 is 16.0 Å². The van der Waals surface area contributed by atoms with Crippen molar-refractivity contribution in [1.29, 1.82) is 0 Å². The zero-order chi connectivity index (χ0) is 15.4. The highest BCUT2D eigenvalue weighted by molar-refractivity contribution is 6.31. The minimum absolute atomic E-state index is 0.123. The van der Waals surface area contributed by atoms with Crippen molar-refractivity contribution in [2.24, 2.45) is 5.84 Å². The van der Waals surface area contributed by atoms with Crippen LogP contribution in [0.15, 0.2) is 36.4 Å². The first kappa shape index (κ1) is 15.7. The van der Waals surface area contributed by atoms with Gasteiger partial charge in [0.15, 0.2) is 11.6 Å². The number of methoxy groups -OCH3 is 1. The molecular formula is C15H15ClF2N2O. The summed E-state index contributed by atoms with van der Waals surface area (Å²) in [7, 11) is 1.39. The molecular weight excluding hydrogens is 298 g/mol. The molecule has 1 unspecified atom stereocenters. The van der Waals surface area contributed by atoms with E-state index in [1.165, 1.54) is 31.4 Å². The topological polar surface area (TPSA) is 47.3 Å². The van der Waals surface area contributed by atoms with Crippen molar-refractivity contribution in [2.75, 3.05) is 7.11 Å². The molecule has 0 aliphatic rings. The van der Waals surface area contributed by atoms with Crippen molar-refractivity contribution in [3.63, 3.8) is 0 Å². The molecule has 0 spiro atoms. The smallest absolute Gasteiger partial charge is 0.165 e. The lowest BCUT2D eigenvalue weighted by atomic mass is 9.99. The zero-order valence-corrected chi connectivity index (χ0v) is 12.1. The molecule has 21 heavy (non-hydrogen) atoms. The molecule has 0 aliphatic heterocycles. The van der Waals surface area contributed by atoms with Crippen LogP contribution in [-0.4, -0.2) is 7.11 Å². The average molecular weight is 313 g/mol. The first-order valence-electron chi connectivity index (χ1n) is 6.28. The third-order valence-electron chi connectivity index (χ3n) is 3.21.